The summed E-state index contributed by atoms with van der Waals surface area (Å²) < 4.78 is 5.28. The van der Waals surface area contributed by atoms with Crippen molar-refractivity contribution in [2.24, 2.45) is 5.92 Å². The molecule has 2 bridgehead atoms. The van der Waals surface area contributed by atoms with Crippen molar-refractivity contribution in [3.63, 3.8) is 0 Å². The number of aliphatic carboxylic acids is 1. The van der Waals surface area contributed by atoms with Crippen LogP contribution in [0.2, 0.25) is 0 Å². The molecule has 2 atom stereocenters. The van der Waals surface area contributed by atoms with Gasteiger partial charge in [0.15, 0.2) is 5.82 Å². The van der Waals surface area contributed by atoms with E-state index in [2.05, 4.69) is 19.9 Å². The molecule has 0 amide bonds. The van der Waals surface area contributed by atoms with Crippen LogP contribution in [0.4, 0.5) is 0 Å². The van der Waals surface area contributed by atoms with Crippen LogP contribution in [0.1, 0.15) is 31.1 Å². The van der Waals surface area contributed by atoms with E-state index in [1.165, 1.54) is 0 Å². The summed E-state index contributed by atoms with van der Waals surface area (Å²) in [7, 11) is 0. The zero-order valence-corrected chi connectivity index (χ0v) is 11.7. The second-order valence-electron chi connectivity index (χ2n) is 5.81. The molecule has 0 aliphatic carbocycles. The first-order valence-electron chi connectivity index (χ1n) is 7.12. The fraction of sp³-hybridized carbons (Fsp3) is 0.769. The van der Waals surface area contributed by atoms with Gasteiger partial charge in [0.25, 0.3) is 0 Å². The molecule has 7 nitrogen and oxygen atoms in total. The molecule has 3 fully saturated rings. The third kappa shape index (κ3) is 2.83. The summed E-state index contributed by atoms with van der Waals surface area (Å²) in [5.74, 6) is 0.506. The van der Waals surface area contributed by atoms with E-state index < -0.39 is 5.97 Å². The molecule has 4 heterocycles. The largest absolute Gasteiger partial charge is 0.481 e. The quantitative estimate of drug-likeness (QED) is 0.835. The Labute approximate surface area is 117 Å². The third-order valence-electron chi connectivity index (χ3n) is 4.11. The molecule has 0 spiro atoms. The van der Waals surface area contributed by atoms with Gasteiger partial charge in [0, 0.05) is 45.6 Å². The molecule has 1 aromatic heterocycles. The van der Waals surface area contributed by atoms with Crippen molar-refractivity contribution in [1.82, 2.24) is 19.9 Å². The molecule has 1 N–H and O–H groups in total. The Kier molecular flexibility index (Phi) is 3.71. The van der Waals surface area contributed by atoms with E-state index in [4.69, 9.17) is 9.63 Å². The van der Waals surface area contributed by atoms with Gasteiger partial charge in [-0.05, 0) is 5.92 Å². The molecule has 3 aliphatic heterocycles. The van der Waals surface area contributed by atoms with Gasteiger partial charge < -0.3 is 9.63 Å². The summed E-state index contributed by atoms with van der Waals surface area (Å²) in [6, 6.07) is 0.227. The van der Waals surface area contributed by atoms with Crippen molar-refractivity contribution in [3.8, 4) is 0 Å². The molecule has 3 aliphatic rings. The Hall–Kier alpha value is -1.47. The summed E-state index contributed by atoms with van der Waals surface area (Å²) in [6.07, 6.45) is 0.650. The Morgan fingerprint density at radius 1 is 1.45 bits per heavy atom. The predicted octanol–water partition coefficient (Wildman–Crippen LogP) is 0.395. The lowest BCUT2D eigenvalue weighted by Gasteiger charge is -2.46. The molecule has 4 rings (SSSR count). The van der Waals surface area contributed by atoms with Crippen LogP contribution in [-0.2, 0) is 11.2 Å². The maximum Gasteiger partial charge on any atom is 0.303 e. The van der Waals surface area contributed by atoms with Gasteiger partial charge in [0.1, 0.15) is 0 Å². The van der Waals surface area contributed by atoms with Crippen molar-refractivity contribution in [3.05, 3.63) is 11.7 Å². The molecular weight excluding hydrogens is 260 g/mol. The SMILES string of the molecule is CC(CC(=O)O)Cc1nc(C2CN3CCN2CC3)no1. The van der Waals surface area contributed by atoms with Gasteiger partial charge in [0.2, 0.25) is 5.89 Å². The van der Waals surface area contributed by atoms with E-state index in [0.717, 1.165) is 38.5 Å². The topological polar surface area (TPSA) is 82.7 Å². The lowest BCUT2D eigenvalue weighted by atomic mass is 10.0. The lowest BCUT2D eigenvalue weighted by Crippen LogP contribution is -2.57. The van der Waals surface area contributed by atoms with Gasteiger partial charge in [-0.2, -0.15) is 4.98 Å². The van der Waals surface area contributed by atoms with E-state index in [1.807, 2.05) is 6.92 Å². The molecule has 0 radical (unpaired) electrons. The van der Waals surface area contributed by atoms with E-state index in [0.29, 0.717) is 12.3 Å². The van der Waals surface area contributed by atoms with Crippen LogP contribution in [0.5, 0.6) is 0 Å². The Bertz CT molecular complexity index is 482. The molecule has 3 saturated heterocycles. The van der Waals surface area contributed by atoms with Crippen molar-refractivity contribution < 1.29 is 14.4 Å². The van der Waals surface area contributed by atoms with E-state index >= 15 is 0 Å². The first kappa shape index (κ1) is 13.5. The molecule has 0 saturated carbocycles. The smallest absolute Gasteiger partial charge is 0.303 e. The van der Waals surface area contributed by atoms with Crippen LogP contribution < -0.4 is 0 Å². The highest BCUT2D eigenvalue weighted by Crippen LogP contribution is 2.27. The fourth-order valence-electron chi connectivity index (χ4n) is 3.02. The van der Waals surface area contributed by atoms with Gasteiger partial charge in [0.05, 0.1) is 6.04 Å². The summed E-state index contributed by atoms with van der Waals surface area (Å²) >= 11 is 0. The van der Waals surface area contributed by atoms with Crippen LogP contribution in [0.3, 0.4) is 0 Å². The lowest BCUT2D eigenvalue weighted by molar-refractivity contribution is -0.137. The Morgan fingerprint density at radius 3 is 2.80 bits per heavy atom. The average molecular weight is 280 g/mol. The number of fused-ring (bicyclic) bond motifs is 3. The maximum absolute atomic E-state index is 10.7. The first-order chi connectivity index (χ1) is 9.61. The van der Waals surface area contributed by atoms with Crippen LogP contribution in [0.25, 0.3) is 0 Å². The van der Waals surface area contributed by atoms with E-state index in [1.54, 1.807) is 0 Å². The number of nitrogens with zero attached hydrogens (tertiary/aromatic N) is 4. The minimum atomic E-state index is -0.791. The minimum absolute atomic E-state index is 0.00710. The summed E-state index contributed by atoms with van der Waals surface area (Å²) in [5.41, 5.74) is 0. The highest BCUT2D eigenvalue weighted by atomic mass is 16.5. The Morgan fingerprint density at radius 2 is 2.20 bits per heavy atom. The highest BCUT2D eigenvalue weighted by Gasteiger charge is 2.35. The zero-order valence-electron chi connectivity index (χ0n) is 11.7. The summed E-state index contributed by atoms with van der Waals surface area (Å²) in [4.78, 5) is 19.9. The van der Waals surface area contributed by atoms with Gasteiger partial charge in [-0.3, -0.25) is 14.6 Å². The predicted molar refractivity (Wildman–Crippen MR) is 70.2 cm³/mol. The third-order valence-corrected chi connectivity index (χ3v) is 4.11. The van der Waals surface area contributed by atoms with Crippen molar-refractivity contribution in [1.29, 1.82) is 0 Å². The number of carbonyl (C=O) groups is 1. The number of carboxylic acids is 1. The molecule has 1 aromatic rings. The molecular formula is C13H20N4O3. The Balaban J connectivity index is 1.63. The van der Waals surface area contributed by atoms with E-state index in [9.17, 15) is 4.79 Å². The fourth-order valence-corrected chi connectivity index (χ4v) is 3.02. The molecule has 0 aromatic carbocycles. The second-order valence-corrected chi connectivity index (χ2v) is 5.81. The van der Waals surface area contributed by atoms with Gasteiger partial charge in [-0.25, -0.2) is 0 Å². The number of rotatable bonds is 5. The number of piperazine rings is 3. The molecule has 2 unspecified atom stereocenters. The number of carboxylic acid groups (broad SMARTS) is 1. The number of aromatic nitrogens is 2. The maximum atomic E-state index is 10.7. The van der Waals surface area contributed by atoms with Gasteiger partial charge >= 0.3 is 5.97 Å². The zero-order chi connectivity index (χ0) is 14.1. The normalized spacial score (nSPS) is 30.4. The van der Waals surface area contributed by atoms with Crippen LogP contribution >= 0.6 is 0 Å². The van der Waals surface area contributed by atoms with E-state index in [-0.39, 0.29) is 18.4 Å². The number of hydrogen-bond acceptors (Lipinski definition) is 6. The monoisotopic (exact) mass is 280 g/mol. The number of hydrogen-bond donors (Lipinski definition) is 1. The average Bonchev–Trinajstić information content (AvgIpc) is 2.87. The van der Waals surface area contributed by atoms with Crippen molar-refractivity contribution in [2.75, 3.05) is 32.7 Å². The second kappa shape index (κ2) is 5.49. The van der Waals surface area contributed by atoms with Gasteiger partial charge in [-0.15, -0.1) is 0 Å². The standard InChI is InChI=1S/C13H20N4O3/c1-9(7-12(18)19)6-11-14-13(15-20-11)10-8-16-2-4-17(10)5-3-16/h9-10H,2-8H2,1H3,(H,18,19). The van der Waals surface area contributed by atoms with Gasteiger partial charge in [-0.1, -0.05) is 12.1 Å². The van der Waals surface area contributed by atoms with Crippen LogP contribution in [0.15, 0.2) is 4.52 Å². The first-order valence-corrected chi connectivity index (χ1v) is 7.12. The van der Waals surface area contributed by atoms with Crippen LogP contribution in [-0.4, -0.2) is 63.7 Å². The summed E-state index contributed by atoms with van der Waals surface area (Å²) in [5, 5.41) is 12.9. The molecule has 7 heteroatoms. The highest BCUT2D eigenvalue weighted by molar-refractivity contribution is 5.66. The molecule has 20 heavy (non-hydrogen) atoms. The summed E-state index contributed by atoms with van der Waals surface area (Å²) in [6.45, 7) is 7.21. The van der Waals surface area contributed by atoms with Crippen molar-refractivity contribution in [2.45, 2.75) is 25.8 Å². The molecule has 110 valence electrons. The van der Waals surface area contributed by atoms with Crippen LogP contribution in [0, 0.1) is 5.92 Å². The van der Waals surface area contributed by atoms with Crippen molar-refractivity contribution >= 4 is 5.97 Å². The minimum Gasteiger partial charge on any atom is -0.481 e.